The average molecular weight is 293 g/mol. The maximum Gasteiger partial charge on any atom is 0.230 e. The van der Waals surface area contributed by atoms with Crippen molar-refractivity contribution in [2.45, 2.75) is 30.5 Å². The van der Waals surface area contributed by atoms with Crippen LogP contribution in [0.25, 0.3) is 0 Å². The molecule has 0 aliphatic heterocycles. The number of hydrogen-bond acceptors (Lipinski definition) is 6. The number of amides is 1. The van der Waals surface area contributed by atoms with Gasteiger partial charge in [-0.25, -0.2) is 4.68 Å². The van der Waals surface area contributed by atoms with Gasteiger partial charge in [-0.3, -0.25) is 4.79 Å². The van der Waals surface area contributed by atoms with Crippen molar-refractivity contribution in [3.8, 4) is 0 Å². The van der Waals surface area contributed by atoms with Crippen molar-refractivity contribution in [3.63, 3.8) is 0 Å². The molecule has 1 saturated carbocycles. The molecule has 0 aromatic carbocycles. The number of furan rings is 1. The molecular weight excluding hydrogens is 278 g/mol. The Hall–Kier alpha value is -1.96. The zero-order valence-corrected chi connectivity index (χ0v) is 11.6. The van der Waals surface area contributed by atoms with Crippen LogP contribution in [0.4, 0.5) is 0 Å². The van der Waals surface area contributed by atoms with Crippen molar-refractivity contribution in [2.75, 3.05) is 11.6 Å². The molecule has 0 atom stereocenters. The number of nitrogens with one attached hydrogen (secondary N) is 1. The standard InChI is InChI=1S/C12H15N5O2S/c13-17-11(8-3-4-8)15-16-12(17)20-7-10(18)14-6-9-2-1-5-19-9/h1-2,5,8H,3-4,6-7,13H2,(H,14,18). The molecule has 0 spiro atoms. The second-order valence-electron chi connectivity index (χ2n) is 4.63. The topological polar surface area (TPSA) is 99.0 Å². The van der Waals surface area contributed by atoms with Crippen LogP contribution >= 0.6 is 11.8 Å². The fourth-order valence-electron chi connectivity index (χ4n) is 1.79. The molecule has 20 heavy (non-hydrogen) atoms. The predicted molar refractivity (Wildman–Crippen MR) is 73.4 cm³/mol. The number of hydrogen-bond donors (Lipinski definition) is 2. The van der Waals surface area contributed by atoms with Crippen molar-refractivity contribution < 1.29 is 9.21 Å². The summed E-state index contributed by atoms with van der Waals surface area (Å²) in [6, 6.07) is 3.60. The Bertz CT molecular complexity index is 591. The first kappa shape index (κ1) is 13.0. The molecule has 2 heterocycles. The fourth-order valence-corrected chi connectivity index (χ4v) is 2.48. The molecule has 106 valence electrons. The van der Waals surface area contributed by atoms with Crippen LogP contribution in [0.3, 0.4) is 0 Å². The minimum Gasteiger partial charge on any atom is -0.467 e. The molecule has 2 aromatic rings. The van der Waals surface area contributed by atoms with Crippen molar-refractivity contribution in [2.24, 2.45) is 0 Å². The Morgan fingerprint density at radius 1 is 1.55 bits per heavy atom. The molecule has 8 heteroatoms. The van der Waals surface area contributed by atoms with Crippen LogP contribution in [-0.2, 0) is 11.3 Å². The van der Waals surface area contributed by atoms with E-state index < -0.39 is 0 Å². The van der Waals surface area contributed by atoms with E-state index in [0.29, 0.717) is 17.6 Å². The number of nitrogen functional groups attached to an aromatic ring is 1. The van der Waals surface area contributed by atoms with Gasteiger partial charge in [0.05, 0.1) is 18.6 Å². The van der Waals surface area contributed by atoms with Crippen LogP contribution in [-0.4, -0.2) is 26.5 Å². The Labute approximate surface area is 119 Å². The van der Waals surface area contributed by atoms with E-state index in [1.165, 1.54) is 16.4 Å². The summed E-state index contributed by atoms with van der Waals surface area (Å²) in [5, 5.41) is 11.4. The van der Waals surface area contributed by atoms with Crippen molar-refractivity contribution >= 4 is 17.7 Å². The summed E-state index contributed by atoms with van der Waals surface area (Å²) in [5.41, 5.74) is 0. The van der Waals surface area contributed by atoms with E-state index in [2.05, 4.69) is 15.5 Å². The molecule has 2 aromatic heterocycles. The summed E-state index contributed by atoms with van der Waals surface area (Å²) in [6.07, 6.45) is 3.81. The lowest BCUT2D eigenvalue weighted by Crippen LogP contribution is -2.24. The van der Waals surface area contributed by atoms with Crippen LogP contribution in [0.2, 0.25) is 0 Å². The maximum atomic E-state index is 11.7. The van der Waals surface area contributed by atoms with E-state index in [9.17, 15) is 4.79 Å². The molecule has 1 aliphatic carbocycles. The first-order chi connectivity index (χ1) is 9.74. The summed E-state index contributed by atoms with van der Waals surface area (Å²) >= 11 is 1.28. The quantitative estimate of drug-likeness (QED) is 0.605. The summed E-state index contributed by atoms with van der Waals surface area (Å²) in [7, 11) is 0. The minimum atomic E-state index is -0.0950. The van der Waals surface area contributed by atoms with Gasteiger partial charge >= 0.3 is 0 Å². The predicted octanol–water partition coefficient (Wildman–Crippen LogP) is 0.871. The number of nitrogens with zero attached hydrogens (tertiary/aromatic N) is 3. The van der Waals surface area contributed by atoms with Gasteiger partial charge < -0.3 is 15.6 Å². The molecule has 0 radical (unpaired) electrons. The Morgan fingerprint density at radius 2 is 2.40 bits per heavy atom. The molecule has 0 saturated heterocycles. The lowest BCUT2D eigenvalue weighted by Gasteiger charge is -2.03. The maximum absolute atomic E-state index is 11.7. The van der Waals surface area contributed by atoms with E-state index in [1.807, 2.05) is 6.07 Å². The molecular formula is C12H15N5O2S. The third kappa shape index (κ3) is 2.96. The van der Waals surface area contributed by atoms with Gasteiger partial charge in [0.25, 0.3) is 0 Å². The molecule has 1 aliphatic rings. The van der Waals surface area contributed by atoms with Crippen molar-refractivity contribution in [1.29, 1.82) is 0 Å². The molecule has 3 N–H and O–H groups in total. The first-order valence-electron chi connectivity index (χ1n) is 6.36. The lowest BCUT2D eigenvalue weighted by molar-refractivity contribution is -0.118. The van der Waals surface area contributed by atoms with Gasteiger partial charge in [0, 0.05) is 5.92 Å². The summed E-state index contributed by atoms with van der Waals surface area (Å²) in [4.78, 5) is 11.7. The SMILES string of the molecule is Nn1c(SCC(=O)NCc2ccco2)nnc1C1CC1. The van der Waals surface area contributed by atoms with E-state index in [4.69, 9.17) is 10.3 Å². The highest BCUT2D eigenvalue weighted by Crippen LogP contribution is 2.39. The first-order valence-corrected chi connectivity index (χ1v) is 7.35. The van der Waals surface area contributed by atoms with Crippen LogP contribution in [0.1, 0.15) is 30.3 Å². The van der Waals surface area contributed by atoms with Gasteiger partial charge in [-0.1, -0.05) is 11.8 Å². The zero-order valence-electron chi connectivity index (χ0n) is 10.8. The minimum absolute atomic E-state index is 0.0950. The Morgan fingerprint density at radius 3 is 3.10 bits per heavy atom. The molecule has 1 amide bonds. The number of rotatable bonds is 6. The molecule has 7 nitrogen and oxygen atoms in total. The number of thioether (sulfide) groups is 1. The van der Waals surface area contributed by atoms with Crippen LogP contribution in [0.5, 0.6) is 0 Å². The molecule has 1 fully saturated rings. The van der Waals surface area contributed by atoms with Gasteiger partial charge in [0.15, 0.2) is 5.82 Å². The third-order valence-corrected chi connectivity index (χ3v) is 3.95. The molecule has 3 rings (SSSR count). The number of carbonyl (C=O) groups is 1. The van der Waals surface area contributed by atoms with Gasteiger partial charge in [0.1, 0.15) is 5.76 Å². The van der Waals surface area contributed by atoms with Crippen LogP contribution in [0.15, 0.2) is 28.0 Å². The highest BCUT2D eigenvalue weighted by atomic mass is 32.2. The monoisotopic (exact) mass is 293 g/mol. The number of nitrogens with two attached hydrogens (primary N) is 1. The van der Waals surface area contributed by atoms with E-state index in [1.54, 1.807) is 12.3 Å². The van der Waals surface area contributed by atoms with E-state index >= 15 is 0 Å². The average Bonchev–Trinajstić information content (AvgIpc) is 3.02. The van der Waals surface area contributed by atoms with Gasteiger partial charge in [-0.2, -0.15) is 0 Å². The second kappa shape index (κ2) is 5.58. The van der Waals surface area contributed by atoms with E-state index in [0.717, 1.165) is 24.4 Å². The zero-order chi connectivity index (χ0) is 13.9. The Balaban J connectivity index is 1.47. The molecule has 0 unspecified atom stereocenters. The van der Waals surface area contributed by atoms with Crippen molar-refractivity contribution in [1.82, 2.24) is 20.2 Å². The summed E-state index contributed by atoms with van der Waals surface area (Å²) in [5.74, 6) is 8.03. The highest BCUT2D eigenvalue weighted by molar-refractivity contribution is 7.99. The Kier molecular flexibility index (Phi) is 3.64. The van der Waals surface area contributed by atoms with E-state index in [-0.39, 0.29) is 11.7 Å². The largest absolute Gasteiger partial charge is 0.467 e. The van der Waals surface area contributed by atoms with Crippen LogP contribution < -0.4 is 11.2 Å². The lowest BCUT2D eigenvalue weighted by atomic mass is 10.4. The summed E-state index contributed by atoms with van der Waals surface area (Å²) < 4.78 is 6.62. The van der Waals surface area contributed by atoms with Crippen LogP contribution in [0, 0.1) is 0 Å². The van der Waals surface area contributed by atoms with Crippen molar-refractivity contribution in [3.05, 3.63) is 30.0 Å². The fraction of sp³-hybridized carbons (Fsp3) is 0.417. The number of carbonyl (C=O) groups excluding carboxylic acids is 1. The number of aromatic nitrogens is 3. The summed E-state index contributed by atoms with van der Waals surface area (Å²) in [6.45, 7) is 0.384. The van der Waals surface area contributed by atoms with Gasteiger partial charge in [0.2, 0.25) is 11.1 Å². The normalized spacial score (nSPS) is 14.4. The van der Waals surface area contributed by atoms with Gasteiger partial charge in [-0.15, -0.1) is 10.2 Å². The molecule has 0 bridgehead atoms. The second-order valence-corrected chi connectivity index (χ2v) is 5.57. The highest BCUT2D eigenvalue weighted by Gasteiger charge is 2.29. The van der Waals surface area contributed by atoms with Gasteiger partial charge in [-0.05, 0) is 25.0 Å². The smallest absolute Gasteiger partial charge is 0.230 e. The third-order valence-electron chi connectivity index (χ3n) is 3.01.